The van der Waals surface area contributed by atoms with Crippen molar-refractivity contribution < 1.29 is 9.53 Å². The van der Waals surface area contributed by atoms with Crippen LogP contribution in [0.3, 0.4) is 0 Å². The number of ether oxygens (including phenoxy) is 1. The van der Waals surface area contributed by atoms with Gasteiger partial charge in [0.1, 0.15) is 5.60 Å². The number of amides is 1. The first kappa shape index (κ1) is 12.0. The van der Waals surface area contributed by atoms with Crippen LogP contribution in [0.1, 0.15) is 38.4 Å². The highest BCUT2D eigenvalue weighted by atomic mass is 16.6. The monoisotopic (exact) mass is 237 g/mol. The zero-order valence-corrected chi connectivity index (χ0v) is 10.6. The molecule has 0 bridgehead atoms. The molecule has 0 unspecified atom stereocenters. The minimum Gasteiger partial charge on any atom is -0.444 e. The summed E-state index contributed by atoms with van der Waals surface area (Å²) in [5.74, 6) is 0. The zero-order chi connectivity index (χ0) is 12.5. The highest BCUT2D eigenvalue weighted by Gasteiger charge is 2.24. The van der Waals surface area contributed by atoms with Gasteiger partial charge in [-0.25, -0.2) is 4.79 Å². The number of hydrogen-bond acceptors (Lipinski definition) is 3. The average Bonchev–Trinajstić information content (AvgIpc) is 2.53. The van der Waals surface area contributed by atoms with E-state index in [0.29, 0.717) is 6.54 Å². The van der Waals surface area contributed by atoms with E-state index >= 15 is 0 Å². The van der Waals surface area contributed by atoms with Gasteiger partial charge in [-0.05, 0) is 33.6 Å². The smallest absolute Gasteiger partial charge is 0.410 e. The summed E-state index contributed by atoms with van der Waals surface area (Å²) in [6.45, 7) is 6.96. The van der Waals surface area contributed by atoms with Crippen molar-refractivity contribution in [2.75, 3.05) is 6.54 Å². The Bertz CT molecular complexity index is 406. The second-order valence-corrected chi connectivity index (χ2v) is 5.38. The summed E-state index contributed by atoms with van der Waals surface area (Å²) in [6, 6.07) is 0. The Hall–Kier alpha value is -1.52. The number of carbonyl (C=O) groups is 1. The maximum absolute atomic E-state index is 12.0. The molecule has 0 radical (unpaired) electrons. The van der Waals surface area contributed by atoms with Crippen molar-refractivity contribution >= 4 is 6.09 Å². The molecule has 5 nitrogen and oxygen atoms in total. The normalized spacial score (nSPS) is 16.3. The van der Waals surface area contributed by atoms with Crippen molar-refractivity contribution in [3.05, 3.63) is 17.5 Å². The van der Waals surface area contributed by atoms with E-state index in [0.717, 1.165) is 30.6 Å². The number of H-pyrrole nitrogens is 1. The van der Waals surface area contributed by atoms with Gasteiger partial charge in [-0.2, -0.15) is 5.10 Å². The molecule has 94 valence electrons. The van der Waals surface area contributed by atoms with Gasteiger partial charge >= 0.3 is 6.09 Å². The Kier molecular flexibility index (Phi) is 3.09. The minimum atomic E-state index is -0.442. The van der Waals surface area contributed by atoms with Crippen LogP contribution in [0, 0.1) is 0 Å². The Morgan fingerprint density at radius 2 is 2.29 bits per heavy atom. The molecule has 0 saturated carbocycles. The summed E-state index contributed by atoms with van der Waals surface area (Å²) in [7, 11) is 0. The average molecular weight is 237 g/mol. The molecule has 1 aliphatic rings. The first-order valence-corrected chi connectivity index (χ1v) is 5.95. The van der Waals surface area contributed by atoms with Crippen LogP contribution in [-0.4, -0.2) is 33.3 Å². The van der Waals surface area contributed by atoms with Crippen LogP contribution in [0.15, 0.2) is 6.20 Å². The van der Waals surface area contributed by atoms with Gasteiger partial charge in [-0.15, -0.1) is 0 Å². The predicted molar refractivity (Wildman–Crippen MR) is 63.6 cm³/mol. The summed E-state index contributed by atoms with van der Waals surface area (Å²) >= 11 is 0. The van der Waals surface area contributed by atoms with Crippen molar-refractivity contribution in [1.29, 1.82) is 0 Å². The number of aromatic amines is 1. The maximum Gasteiger partial charge on any atom is 0.410 e. The molecule has 1 aromatic rings. The van der Waals surface area contributed by atoms with Crippen LogP contribution in [0.5, 0.6) is 0 Å². The molecule has 1 amide bonds. The maximum atomic E-state index is 12.0. The van der Waals surface area contributed by atoms with Crippen LogP contribution in [0.4, 0.5) is 4.79 Å². The molecule has 0 aromatic carbocycles. The Balaban J connectivity index is 2.06. The van der Waals surface area contributed by atoms with Gasteiger partial charge in [0.25, 0.3) is 0 Å². The number of nitrogens with one attached hydrogen (secondary N) is 1. The number of nitrogens with zero attached hydrogens (tertiary/aromatic N) is 2. The van der Waals surface area contributed by atoms with Gasteiger partial charge in [0, 0.05) is 17.8 Å². The lowest BCUT2D eigenvalue weighted by atomic mass is 10.2. The van der Waals surface area contributed by atoms with Crippen LogP contribution >= 0.6 is 0 Å². The van der Waals surface area contributed by atoms with E-state index in [1.807, 2.05) is 20.8 Å². The number of hydrogen-bond donors (Lipinski definition) is 1. The molecule has 0 aliphatic carbocycles. The highest BCUT2D eigenvalue weighted by molar-refractivity contribution is 5.68. The molecule has 2 heterocycles. The molecular formula is C12H19N3O2. The van der Waals surface area contributed by atoms with E-state index in [9.17, 15) is 4.79 Å². The number of fused-ring (bicyclic) bond motifs is 1. The lowest BCUT2D eigenvalue weighted by Gasteiger charge is -2.26. The number of aryl methyl sites for hydroxylation is 1. The second kappa shape index (κ2) is 4.39. The van der Waals surface area contributed by atoms with Crippen molar-refractivity contribution in [3.63, 3.8) is 0 Å². The fraction of sp³-hybridized carbons (Fsp3) is 0.667. The molecule has 1 N–H and O–H groups in total. The molecule has 17 heavy (non-hydrogen) atoms. The molecule has 5 heteroatoms. The lowest BCUT2D eigenvalue weighted by molar-refractivity contribution is 0.0237. The van der Waals surface area contributed by atoms with E-state index in [1.165, 1.54) is 0 Å². The first-order chi connectivity index (χ1) is 7.96. The number of aromatic nitrogens is 2. The summed E-state index contributed by atoms with van der Waals surface area (Å²) in [5.41, 5.74) is 1.78. The van der Waals surface area contributed by atoms with Gasteiger partial charge < -0.3 is 9.64 Å². The van der Waals surface area contributed by atoms with E-state index < -0.39 is 5.60 Å². The fourth-order valence-electron chi connectivity index (χ4n) is 1.90. The standard InChI is InChI=1S/C12H19N3O2/c1-12(2,3)17-11(16)15-6-4-5-10-9(8-15)7-13-14-10/h7H,4-6,8H2,1-3H3,(H,13,14). The minimum absolute atomic E-state index is 0.244. The van der Waals surface area contributed by atoms with E-state index in [2.05, 4.69) is 10.2 Å². The van der Waals surface area contributed by atoms with E-state index in [4.69, 9.17) is 4.74 Å². The summed E-state index contributed by atoms with van der Waals surface area (Å²) < 4.78 is 5.38. The van der Waals surface area contributed by atoms with Crippen LogP contribution in [0.25, 0.3) is 0 Å². The third kappa shape index (κ3) is 2.99. The molecule has 0 fully saturated rings. The number of rotatable bonds is 0. The molecule has 0 saturated heterocycles. The largest absolute Gasteiger partial charge is 0.444 e. The zero-order valence-electron chi connectivity index (χ0n) is 10.6. The topological polar surface area (TPSA) is 58.2 Å². The van der Waals surface area contributed by atoms with Crippen molar-refractivity contribution in [1.82, 2.24) is 15.1 Å². The Labute approximate surface area is 101 Å². The molecule has 0 atom stereocenters. The molecule has 1 aliphatic heterocycles. The summed E-state index contributed by atoms with van der Waals surface area (Å²) in [5, 5.41) is 6.99. The van der Waals surface area contributed by atoms with Crippen LogP contribution in [-0.2, 0) is 17.7 Å². The Morgan fingerprint density at radius 3 is 3.00 bits per heavy atom. The van der Waals surface area contributed by atoms with Gasteiger partial charge in [-0.1, -0.05) is 0 Å². The summed E-state index contributed by atoms with van der Waals surface area (Å²) in [4.78, 5) is 13.7. The Morgan fingerprint density at radius 1 is 1.53 bits per heavy atom. The molecule has 2 rings (SSSR count). The van der Waals surface area contributed by atoms with Gasteiger partial charge in [0.2, 0.25) is 0 Å². The van der Waals surface area contributed by atoms with Crippen molar-refractivity contribution in [2.24, 2.45) is 0 Å². The first-order valence-electron chi connectivity index (χ1n) is 5.95. The third-order valence-corrected chi connectivity index (χ3v) is 2.68. The van der Waals surface area contributed by atoms with Crippen LogP contribution in [0.2, 0.25) is 0 Å². The van der Waals surface area contributed by atoms with Gasteiger partial charge in [0.15, 0.2) is 0 Å². The van der Waals surface area contributed by atoms with E-state index in [1.54, 1.807) is 11.1 Å². The predicted octanol–water partition coefficient (Wildman–Crippen LogP) is 2.09. The summed E-state index contributed by atoms with van der Waals surface area (Å²) in [6.07, 6.45) is 3.42. The quantitative estimate of drug-likeness (QED) is 0.751. The second-order valence-electron chi connectivity index (χ2n) is 5.38. The molecule has 1 aromatic heterocycles. The van der Waals surface area contributed by atoms with Crippen molar-refractivity contribution in [3.8, 4) is 0 Å². The third-order valence-electron chi connectivity index (χ3n) is 2.68. The highest BCUT2D eigenvalue weighted by Crippen LogP contribution is 2.18. The van der Waals surface area contributed by atoms with Crippen molar-refractivity contribution in [2.45, 2.75) is 45.8 Å². The fourth-order valence-corrected chi connectivity index (χ4v) is 1.90. The van der Waals surface area contributed by atoms with Gasteiger partial charge in [-0.3, -0.25) is 5.10 Å². The van der Waals surface area contributed by atoms with E-state index in [-0.39, 0.29) is 6.09 Å². The lowest BCUT2D eigenvalue weighted by Crippen LogP contribution is -2.36. The SMILES string of the molecule is CC(C)(C)OC(=O)N1CCCc2[nH]ncc2C1. The molecular weight excluding hydrogens is 218 g/mol. The molecule has 0 spiro atoms. The number of carbonyl (C=O) groups excluding carboxylic acids is 1. The van der Waals surface area contributed by atoms with Gasteiger partial charge in [0.05, 0.1) is 12.7 Å². The van der Waals surface area contributed by atoms with Crippen LogP contribution < -0.4 is 0 Å².